The Morgan fingerprint density at radius 2 is 2.16 bits per heavy atom. The number of benzene rings is 1. The average molecular weight is 303 g/mol. The van der Waals surface area contributed by atoms with Gasteiger partial charge in [-0.15, -0.1) is 0 Å². The predicted octanol–water partition coefficient (Wildman–Crippen LogP) is 2.12. The van der Waals surface area contributed by atoms with Gasteiger partial charge in [0.15, 0.2) is 0 Å². The summed E-state index contributed by atoms with van der Waals surface area (Å²) in [6.07, 6.45) is 0.738. The number of aryl methyl sites for hydroxylation is 1. The van der Waals surface area contributed by atoms with Crippen molar-refractivity contribution in [1.29, 1.82) is 0 Å². The number of halogens is 1. The van der Waals surface area contributed by atoms with E-state index < -0.39 is 10.0 Å². The minimum absolute atomic E-state index is 0.285. The van der Waals surface area contributed by atoms with Gasteiger partial charge in [-0.2, -0.15) is 0 Å². The molecule has 19 heavy (non-hydrogen) atoms. The maximum Gasteiger partial charge on any atom is 0.214 e. The highest BCUT2D eigenvalue weighted by Crippen LogP contribution is 2.22. The van der Waals surface area contributed by atoms with Gasteiger partial charge in [0.05, 0.1) is 5.75 Å². The standard InChI is InChI=1S/C13H19ClN2O2S/c1-11-4-5-12(10-13(11)14)15(2)7-8-16-6-3-9-19(16,17)18/h4-5,10H,3,6-9H2,1-2H3. The fraction of sp³-hybridized carbons (Fsp3) is 0.538. The minimum Gasteiger partial charge on any atom is -0.373 e. The van der Waals surface area contributed by atoms with E-state index in [1.165, 1.54) is 0 Å². The summed E-state index contributed by atoms with van der Waals surface area (Å²) < 4.78 is 25.0. The third kappa shape index (κ3) is 3.41. The van der Waals surface area contributed by atoms with Gasteiger partial charge < -0.3 is 4.90 Å². The molecule has 1 aromatic carbocycles. The Morgan fingerprint density at radius 1 is 1.42 bits per heavy atom. The minimum atomic E-state index is -3.00. The van der Waals surface area contributed by atoms with Gasteiger partial charge in [0.25, 0.3) is 0 Å². The lowest BCUT2D eigenvalue weighted by molar-refractivity contribution is 0.449. The Morgan fingerprint density at radius 3 is 2.74 bits per heavy atom. The van der Waals surface area contributed by atoms with Crippen molar-refractivity contribution in [3.8, 4) is 0 Å². The number of rotatable bonds is 4. The molecule has 0 N–H and O–H groups in total. The number of sulfonamides is 1. The normalized spacial score (nSPS) is 18.7. The summed E-state index contributed by atoms with van der Waals surface area (Å²) in [6.45, 7) is 3.80. The van der Waals surface area contributed by atoms with Crippen LogP contribution in [0.1, 0.15) is 12.0 Å². The summed E-state index contributed by atoms with van der Waals surface area (Å²) in [4.78, 5) is 2.03. The van der Waals surface area contributed by atoms with E-state index in [0.717, 1.165) is 22.7 Å². The summed E-state index contributed by atoms with van der Waals surface area (Å²) in [5.74, 6) is 0.285. The van der Waals surface area contributed by atoms with Crippen molar-refractivity contribution < 1.29 is 8.42 Å². The molecule has 0 bridgehead atoms. The monoisotopic (exact) mass is 302 g/mol. The highest BCUT2D eigenvalue weighted by molar-refractivity contribution is 7.89. The molecule has 1 aliphatic heterocycles. The third-order valence-electron chi connectivity index (χ3n) is 3.48. The quantitative estimate of drug-likeness (QED) is 0.855. The van der Waals surface area contributed by atoms with E-state index >= 15 is 0 Å². The lowest BCUT2D eigenvalue weighted by atomic mass is 10.2. The summed E-state index contributed by atoms with van der Waals surface area (Å²) in [5.41, 5.74) is 2.05. The topological polar surface area (TPSA) is 40.6 Å². The first kappa shape index (κ1) is 14.6. The van der Waals surface area contributed by atoms with E-state index in [1.54, 1.807) is 4.31 Å². The molecule has 0 radical (unpaired) electrons. The average Bonchev–Trinajstić information content (AvgIpc) is 2.69. The van der Waals surface area contributed by atoms with Gasteiger partial charge in [-0.25, -0.2) is 12.7 Å². The van der Waals surface area contributed by atoms with Crippen LogP contribution in [0.15, 0.2) is 18.2 Å². The van der Waals surface area contributed by atoms with E-state index in [-0.39, 0.29) is 5.75 Å². The Kier molecular flexibility index (Phi) is 4.38. The highest BCUT2D eigenvalue weighted by Gasteiger charge is 2.27. The van der Waals surface area contributed by atoms with Crippen molar-refractivity contribution in [2.75, 3.05) is 37.3 Å². The van der Waals surface area contributed by atoms with Crippen LogP contribution in [-0.4, -0.2) is 45.2 Å². The second-order valence-electron chi connectivity index (χ2n) is 4.92. The van der Waals surface area contributed by atoms with E-state index in [2.05, 4.69) is 0 Å². The zero-order valence-electron chi connectivity index (χ0n) is 11.3. The maximum absolute atomic E-state index is 11.7. The van der Waals surface area contributed by atoms with Crippen molar-refractivity contribution in [2.45, 2.75) is 13.3 Å². The lowest BCUT2D eigenvalue weighted by Gasteiger charge is -2.23. The molecule has 1 saturated heterocycles. The van der Waals surface area contributed by atoms with Crippen LogP contribution >= 0.6 is 11.6 Å². The molecule has 1 aromatic rings. The summed E-state index contributed by atoms with van der Waals surface area (Å²) >= 11 is 6.10. The van der Waals surface area contributed by atoms with Crippen molar-refractivity contribution in [1.82, 2.24) is 4.31 Å². The van der Waals surface area contributed by atoms with E-state index in [4.69, 9.17) is 11.6 Å². The number of hydrogen-bond acceptors (Lipinski definition) is 3. The Hall–Kier alpha value is -0.780. The summed E-state index contributed by atoms with van der Waals surface area (Å²) in [7, 11) is -1.05. The van der Waals surface area contributed by atoms with Gasteiger partial charge in [-0.3, -0.25) is 0 Å². The van der Waals surface area contributed by atoms with Gasteiger partial charge in [0.2, 0.25) is 10.0 Å². The molecule has 0 unspecified atom stereocenters. The smallest absolute Gasteiger partial charge is 0.214 e. The lowest BCUT2D eigenvalue weighted by Crippen LogP contribution is -2.34. The molecule has 6 heteroatoms. The maximum atomic E-state index is 11.7. The van der Waals surface area contributed by atoms with Crippen molar-refractivity contribution in [3.63, 3.8) is 0 Å². The number of hydrogen-bond donors (Lipinski definition) is 0. The SMILES string of the molecule is Cc1ccc(N(C)CCN2CCCS2(=O)=O)cc1Cl. The molecule has 0 atom stereocenters. The van der Waals surface area contributed by atoms with Crippen LogP contribution in [0.4, 0.5) is 5.69 Å². The zero-order valence-corrected chi connectivity index (χ0v) is 12.8. The summed E-state index contributed by atoms with van der Waals surface area (Å²) in [5, 5.41) is 0.734. The molecule has 1 fully saturated rings. The Balaban J connectivity index is 1.98. The molecular formula is C13H19ClN2O2S. The molecular weight excluding hydrogens is 284 g/mol. The molecule has 4 nitrogen and oxygen atoms in total. The van der Waals surface area contributed by atoms with Crippen molar-refractivity contribution in [3.05, 3.63) is 28.8 Å². The molecule has 0 amide bonds. The number of nitrogens with zero attached hydrogens (tertiary/aromatic N) is 2. The van der Waals surface area contributed by atoms with Gasteiger partial charge in [-0.1, -0.05) is 17.7 Å². The molecule has 2 rings (SSSR count). The first-order valence-electron chi connectivity index (χ1n) is 6.35. The van der Waals surface area contributed by atoms with Crippen LogP contribution in [0, 0.1) is 6.92 Å². The fourth-order valence-corrected chi connectivity index (χ4v) is 3.85. The predicted molar refractivity (Wildman–Crippen MR) is 79.4 cm³/mol. The number of likely N-dealkylation sites (N-methyl/N-ethyl adjacent to an activating group) is 1. The van der Waals surface area contributed by atoms with Gasteiger partial charge in [0, 0.05) is 37.4 Å². The molecule has 1 heterocycles. The van der Waals surface area contributed by atoms with Crippen LogP contribution in [-0.2, 0) is 10.0 Å². The van der Waals surface area contributed by atoms with E-state index in [1.807, 2.05) is 37.1 Å². The Labute approximate surface area is 120 Å². The van der Waals surface area contributed by atoms with Gasteiger partial charge in [0.1, 0.15) is 0 Å². The van der Waals surface area contributed by atoms with Crippen LogP contribution in [0.2, 0.25) is 5.02 Å². The fourth-order valence-electron chi connectivity index (χ4n) is 2.15. The summed E-state index contributed by atoms with van der Waals surface area (Å²) in [6, 6.07) is 5.88. The molecule has 1 aliphatic rings. The van der Waals surface area contributed by atoms with E-state index in [9.17, 15) is 8.42 Å². The molecule has 0 aromatic heterocycles. The van der Waals surface area contributed by atoms with Crippen LogP contribution in [0.25, 0.3) is 0 Å². The van der Waals surface area contributed by atoms with Crippen LogP contribution < -0.4 is 4.90 Å². The van der Waals surface area contributed by atoms with E-state index in [0.29, 0.717) is 19.6 Å². The van der Waals surface area contributed by atoms with Crippen molar-refractivity contribution >= 4 is 27.3 Å². The van der Waals surface area contributed by atoms with Crippen LogP contribution in [0.5, 0.6) is 0 Å². The molecule has 0 saturated carbocycles. The first-order chi connectivity index (χ1) is 8.90. The second-order valence-corrected chi connectivity index (χ2v) is 7.42. The molecule has 0 aliphatic carbocycles. The second kappa shape index (κ2) is 5.69. The largest absolute Gasteiger partial charge is 0.373 e. The molecule has 0 spiro atoms. The van der Waals surface area contributed by atoms with Crippen LogP contribution in [0.3, 0.4) is 0 Å². The van der Waals surface area contributed by atoms with Gasteiger partial charge >= 0.3 is 0 Å². The molecule has 106 valence electrons. The first-order valence-corrected chi connectivity index (χ1v) is 8.34. The number of anilines is 1. The Bertz CT molecular complexity index is 560. The highest BCUT2D eigenvalue weighted by atomic mass is 35.5. The van der Waals surface area contributed by atoms with Gasteiger partial charge in [-0.05, 0) is 31.0 Å². The zero-order chi connectivity index (χ0) is 14.0. The van der Waals surface area contributed by atoms with Crippen molar-refractivity contribution in [2.24, 2.45) is 0 Å². The third-order valence-corrected chi connectivity index (χ3v) is 5.85.